The molecular weight excluding hydrogens is 268 g/mol. The second kappa shape index (κ2) is 6.06. The Morgan fingerprint density at radius 3 is 2.70 bits per heavy atom. The van der Waals surface area contributed by atoms with Gasteiger partial charge in [0, 0.05) is 35.8 Å². The van der Waals surface area contributed by atoms with Gasteiger partial charge in [-0.1, -0.05) is 27.7 Å². The van der Waals surface area contributed by atoms with E-state index in [4.69, 9.17) is 0 Å². The van der Waals surface area contributed by atoms with Crippen molar-refractivity contribution in [3.63, 3.8) is 0 Å². The first-order valence-corrected chi connectivity index (χ1v) is 7.98. The molecule has 0 bridgehead atoms. The van der Waals surface area contributed by atoms with Gasteiger partial charge in [-0.2, -0.15) is 5.10 Å². The maximum absolute atomic E-state index is 4.67. The summed E-state index contributed by atoms with van der Waals surface area (Å²) < 4.78 is 1.91. The average molecular weight is 292 g/mol. The second-order valence-electron chi connectivity index (χ2n) is 6.11. The third-order valence-electron chi connectivity index (χ3n) is 3.18. The molecule has 4 nitrogen and oxygen atoms in total. The normalized spacial score (nSPS) is 13.7. The molecule has 0 saturated heterocycles. The van der Waals surface area contributed by atoms with Crippen LogP contribution in [0.1, 0.15) is 56.4 Å². The number of hydrogen-bond donors (Lipinski definition) is 1. The van der Waals surface area contributed by atoms with E-state index >= 15 is 0 Å². The summed E-state index contributed by atoms with van der Waals surface area (Å²) in [5.74, 6) is 0. The number of aryl methyl sites for hydroxylation is 1. The maximum Gasteiger partial charge on any atom is 0.114 e. The molecule has 110 valence electrons. The lowest BCUT2D eigenvalue weighted by molar-refractivity contribution is 0.530. The Balaban J connectivity index is 2.43. The quantitative estimate of drug-likeness (QED) is 0.920. The zero-order valence-electron chi connectivity index (χ0n) is 13.0. The zero-order chi connectivity index (χ0) is 14.8. The smallest absolute Gasteiger partial charge is 0.114 e. The molecule has 0 saturated carbocycles. The van der Waals surface area contributed by atoms with Crippen molar-refractivity contribution in [3.05, 3.63) is 34.0 Å². The van der Waals surface area contributed by atoms with Gasteiger partial charge in [0.05, 0.1) is 11.7 Å². The third kappa shape index (κ3) is 3.27. The van der Waals surface area contributed by atoms with E-state index in [0.29, 0.717) is 0 Å². The first-order chi connectivity index (χ1) is 9.43. The van der Waals surface area contributed by atoms with Crippen molar-refractivity contribution in [2.45, 2.75) is 45.6 Å². The highest BCUT2D eigenvalue weighted by Gasteiger charge is 2.28. The minimum absolute atomic E-state index is 0.0278. The Kier molecular flexibility index (Phi) is 4.60. The summed E-state index contributed by atoms with van der Waals surface area (Å²) in [7, 11) is 1.98. The molecule has 5 heteroatoms. The molecule has 0 aromatic carbocycles. The van der Waals surface area contributed by atoms with Gasteiger partial charge in [-0.05, 0) is 13.0 Å². The van der Waals surface area contributed by atoms with Gasteiger partial charge < -0.3 is 5.32 Å². The lowest BCUT2D eigenvalue weighted by Crippen LogP contribution is -2.26. The van der Waals surface area contributed by atoms with Crippen LogP contribution in [0.15, 0.2) is 17.8 Å². The standard InChI is InChI=1S/C15H24N4S/c1-6-7-16-12(14-17-8-9-20-14)11-10-19(5)18-13(11)15(2,3)4/h8-10,12,16H,6-7H2,1-5H3. The highest BCUT2D eigenvalue weighted by atomic mass is 32.1. The second-order valence-corrected chi connectivity index (χ2v) is 7.04. The fraction of sp³-hybridized carbons (Fsp3) is 0.600. The van der Waals surface area contributed by atoms with E-state index in [1.54, 1.807) is 11.3 Å². The number of thiazole rings is 1. The van der Waals surface area contributed by atoms with E-state index in [2.05, 4.69) is 49.3 Å². The van der Waals surface area contributed by atoms with Crippen molar-refractivity contribution >= 4 is 11.3 Å². The molecule has 0 fully saturated rings. The molecule has 2 aromatic rings. The van der Waals surface area contributed by atoms with Crippen LogP contribution in [0.2, 0.25) is 0 Å². The number of nitrogens with one attached hydrogen (secondary N) is 1. The van der Waals surface area contributed by atoms with Gasteiger partial charge in [0.25, 0.3) is 0 Å². The van der Waals surface area contributed by atoms with Crippen LogP contribution in [0.25, 0.3) is 0 Å². The molecule has 2 aromatic heterocycles. The Bertz CT molecular complexity index is 537. The molecule has 0 radical (unpaired) electrons. The summed E-state index contributed by atoms with van der Waals surface area (Å²) in [6.07, 6.45) is 5.09. The van der Waals surface area contributed by atoms with Gasteiger partial charge in [0.15, 0.2) is 0 Å². The minimum atomic E-state index is 0.0278. The van der Waals surface area contributed by atoms with Crippen molar-refractivity contribution in [1.29, 1.82) is 0 Å². The highest BCUT2D eigenvalue weighted by Crippen LogP contribution is 2.32. The van der Waals surface area contributed by atoms with Crippen LogP contribution in [0.3, 0.4) is 0 Å². The van der Waals surface area contributed by atoms with Crippen LogP contribution >= 0.6 is 11.3 Å². The largest absolute Gasteiger partial charge is 0.304 e. The van der Waals surface area contributed by atoms with Crippen molar-refractivity contribution in [1.82, 2.24) is 20.1 Å². The molecule has 2 heterocycles. The first-order valence-electron chi connectivity index (χ1n) is 7.10. The Morgan fingerprint density at radius 2 is 2.15 bits per heavy atom. The Morgan fingerprint density at radius 1 is 1.40 bits per heavy atom. The molecule has 1 atom stereocenters. The third-order valence-corrected chi connectivity index (χ3v) is 4.02. The fourth-order valence-corrected chi connectivity index (χ4v) is 3.03. The van der Waals surface area contributed by atoms with Crippen LogP contribution in [-0.4, -0.2) is 21.3 Å². The van der Waals surface area contributed by atoms with Gasteiger partial charge in [-0.15, -0.1) is 11.3 Å². The molecule has 2 rings (SSSR count). The SMILES string of the molecule is CCCNC(c1nccs1)c1cn(C)nc1C(C)(C)C. The number of hydrogen-bond acceptors (Lipinski definition) is 4. The van der Waals surface area contributed by atoms with Crippen LogP contribution < -0.4 is 5.32 Å². The molecule has 1 N–H and O–H groups in total. The molecule has 1 unspecified atom stereocenters. The number of nitrogens with zero attached hydrogens (tertiary/aromatic N) is 3. The lowest BCUT2D eigenvalue weighted by Gasteiger charge is -2.22. The lowest BCUT2D eigenvalue weighted by atomic mass is 9.87. The summed E-state index contributed by atoms with van der Waals surface area (Å²) in [4.78, 5) is 4.50. The van der Waals surface area contributed by atoms with Crippen molar-refractivity contribution in [2.24, 2.45) is 7.05 Å². The Hall–Kier alpha value is -1.20. The number of aromatic nitrogens is 3. The fourth-order valence-electron chi connectivity index (χ4n) is 2.30. The van der Waals surface area contributed by atoms with Crippen molar-refractivity contribution < 1.29 is 0 Å². The first kappa shape index (κ1) is 15.2. The monoisotopic (exact) mass is 292 g/mol. The summed E-state index contributed by atoms with van der Waals surface area (Å²) in [5, 5.41) is 11.4. The van der Waals surface area contributed by atoms with Crippen molar-refractivity contribution in [3.8, 4) is 0 Å². The summed E-state index contributed by atoms with van der Waals surface area (Å²) in [6, 6.07) is 0.137. The van der Waals surface area contributed by atoms with Gasteiger partial charge in [0.2, 0.25) is 0 Å². The molecule has 0 spiro atoms. The summed E-state index contributed by atoms with van der Waals surface area (Å²) >= 11 is 1.69. The van der Waals surface area contributed by atoms with Crippen LogP contribution in [0.4, 0.5) is 0 Å². The predicted octanol–water partition coefficient (Wildman–Crippen LogP) is 3.26. The predicted molar refractivity (Wildman–Crippen MR) is 84.2 cm³/mol. The highest BCUT2D eigenvalue weighted by molar-refractivity contribution is 7.09. The topological polar surface area (TPSA) is 42.7 Å². The summed E-state index contributed by atoms with van der Waals surface area (Å²) in [5.41, 5.74) is 2.41. The van der Waals surface area contributed by atoms with E-state index in [9.17, 15) is 0 Å². The molecule has 20 heavy (non-hydrogen) atoms. The van der Waals surface area contributed by atoms with E-state index in [1.165, 1.54) is 5.56 Å². The van der Waals surface area contributed by atoms with Crippen molar-refractivity contribution in [2.75, 3.05) is 6.54 Å². The molecule has 0 aliphatic rings. The average Bonchev–Trinajstić information content (AvgIpc) is 2.99. The summed E-state index contributed by atoms with van der Waals surface area (Å²) in [6.45, 7) is 9.77. The van der Waals surface area contributed by atoms with E-state index < -0.39 is 0 Å². The zero-order valence-corrected chi connectivity index (χ0v) is 13.8. The van der Waals surface area contributed by atoms with Gasteiger partial charge in [-0.25, -0.2) is 4.98 Å². The van der Waals surface area contributed by atoms with Crippen LogP contribution in [-0.2, 0) is 12.5 Å². The van der Waals surface area contributed by atoms with Gasteiger partial charge >= 0.3 is 0 Å². The van der Waals surface area contributed by atoms with E-state index in [0.717, 1.165) is 23.7 Å². The van der Waals surface area contributed by atoms with Crippen LogP contribution in [0, 0.1) is 0 Å². The minimum Gasteiger partial charge on any atom is -0.304 e. The molecule has 0 amide bonds. The molecule has 0 aliphatic heterocycles. The number of rotatable bonds is 5. The maximum atomic E-state index is 4.67. The van der Waals surface area contributed by atoms with Crippen LogP contribution in [0.5, 0.6) is 0 Å². The van der Waals surface area contributed by atoms with E-state index in [1.807, 2.05) is 23.3 Å². The van der Waals surface area contributed by atoms with E-state index in [-0.39, 0.29) is 11.5 Å². The van der Waals surface area contributed by atoms with Gasteiger partial charge in [0.1, 0.15) is 5.01 Å². The molecule has 0 aliphatic carbocycles. The van der Waals surface area contributed by atoms with Gasteiger partial charge in [-0.3, -0.25) is 4.68 Å². The molecular formula is C15H24N4S. The Labute approximate surface area is 125 Å².